The monoisotopic (exact) mass is 317 g/mol. The number of fused-ring (bicyclic) bond motifs is 1. The lowest BCUT2D eigenvalue weighted by molar-refractivity contribution is -0.117. The number of pyridine rings is 1. The molecule has 1 fully saturated rings. The van der Waals surface area contributed by atoms with Crippen LogP contribution in [0.2, 0.25) is 5.15 Å². The zero-order chi connectivity index (χ0) is 15.5. The second kappa shape index (κ2) is 6.53. The molecule has 0 radical (unpaired) electrons. The summed E-state index contributed by atoms with van der Waals surface area (Å²) in [5.74, 6) is 0.478. The Bertz CT molecular complexity index is 707. The van der Waals surface area contributed by atoms with Crippen LogP contribution in [-0.4, -0.2) is 21.3 Å². The van der Waals surface area contributed by atoms with E-state index in [1.54, 1.807) is 12.2 Å². The van der Waals surface area contributed by atoms with E-state index in [2.05, 4.69) is 17.2 Å². The predicted molar refractivity (Wildman–Crippen MR) is 88.8 cm³/mol. The van der Waals surface area contributed by atoms with Crippen molar-refractivity contribution in [1.82, 2.24) is 14.7 Å². The zero-order valence-electron chi connectivity index (χ0n) is 12.6. The predicted octanol–water partition coefficient (Wildman–Crippen LogP) is 3.70. The number of halogens is 1. The summed E-state index contributed by atoms with van der Waals surface area (Å²) in [6.07, 6.45) is 9.87. The number of nitrogens with one attached hydrogen (secondary N) is 1. The minimum atomic E-state index is -0.0688. The van der Waals surface area contributed by atoms with E-state index in [9.17, 15) is 4.79 Å². The fourth-order valence-corrected chi connectivity index (χ4v) is 3.29. The Kier molecular flexibility index (Phi) is 4.48. The first-order chi connectivity index (χ1) is 10.6. The summed E-state index contributed by atoms with van der Waals surface area (Å²) < 4.78 is 1.87. The van der Waals surface area contributed by atoms with Crippen LogP contribution >= 0.6 is 11.6 Å². The fourth-order valence-electron chi connectivity index (χ4n) is 3.05. The van der Waals surface area contributed by atoms with Gasteiger partial charge >= 0.3 is 0 Å². The van der Waals surface area contributed by atoms with Gasteiger partial charge in [0.1, 0.15) is 5.65 Å². The van der Waals surface area contributed by atoms with Crippen LogP contribution in [-0.2, 0) is 4.79 Å². The van der Waals surface area contributed by atoms with Crippen LogP contribution < -0.4 is 5.32 Å². The molecule has 0 aliphatic heterocycles. The number of hydrogen-bond acceptors (Lipinski definition) is 2. The maximum absolute atomic E-state index is 12.1. The molecule has 0 bridgehead atoms. The van der Waals surface area contributed by atoms with E-state index >= 15 is 0 Å². The van der Waals surface area contributed by atoms with Gasteiger partial charge in [0.15, 0.2) is 5.15 Å². The molecule has 2 atom stereocenters. The molecule has 5 heteroatoms. The molecule has 1 aliphatic carbocycles. The fraction of sp³-hybridized carbons (Fsp3) is 0.412. The first-order valence-corrected chi connectivity index (χ1v) is 8.14. The highest BCUT2D eigenvalue weighted by Gasteiger charge is 2.21. The van der Waals surface area contributed by atoms with Crippen LogP contribution in [0.15, 0.2) is 30.5 Å². The van der Waals surface area contributed by atoms with Crippen LogP contribution in [0.3, 0.4) is 0 Å². The normalized spacial score (nSPS) is 22.3. The van der Waals surface area contributed by atoms with Crippen LogP contribution in [0.1, 0.15) is 38.3 Å². The Labute approximate surface area is 135 Å². The summed E-state index contributed by atoms with van der Waals surface area (Å²) in [5.41, 5.74) is 1.50. The minimum absolute atomic E-state index is 0.0688. The SMILES string of the molecule is C[C@@H]1CCCC[C@H]1NC(=O)/C=C/c1c(Cl)nc2ccccn12. The van der Waals surface area contributed by atoms with Crippen molar-refractivity contribution in [2.45, 2.75) is 38.6 Å². The topological polar surface area (TPSA) is 46.4 Å². The number of rotatable bonds is 3. The molecule has 2 aromatic heterocycles. The minimum Gasteiger partial charge on any atom is -0.350 e. The first-order valence-electron chi connectivity index (χ1n) is 7.76. The molecular weight excluding hydrogens is 298 g/mol. The lowest BCUT2D eigenvalue weighted by Gasteiger charge is -2.29. The molecule has 0 aromatic carbocycles. The average molecular weight is 318 g/mol. The van der Waals surface area contributed by atoms with Gasteiger partial charge in [-0.1, -0.05) is 37.4 Å². The van der Waals surface area contributed by atoms with E-state index < -0.39 is 0 Å². The maximum atomic E-state index is 12.1. The smallest absolute Gasteiger partial charge is 0.244 e. The van der Waals surface area contributed by atoms with Crippen molar-refractivity contribution in [3.05, 3.63) is 41.3 Å². The van der Waals surface area contributed by atoms with E-state index in [4.69, 9.17) is 11.6 Å². The molecule has 1 saturated carbocycles. The lowest BCUT2D eigenvalue weighted by atomic mass is 9.86. The molecule has 0 spiro atoms. The van der Waals surface area contributed by atoms with Gasteiger partial charge in [-0.05, 0) is 37.0 Å². The van der Waals surface area contributed by atoms with Gasteiger partial charge in [-0.15, -0.1) is 0 Å². The highest BCUT2D eigenvalue weighted by molar-refractivity contribution is 6.31. The first kappa shape index (κ1) is 15.1. The van der Waals surface area contributed by atoms with E-state index in [0.29, 0.717) is 11.1 Å². The summed E-state index contributed by atoms with van der Waals surface area (Å²) in [5, 5.41) is 3.50. The molecule has 0 saturated heterocycles. The van der Waals surface area contributed by atoms with Crippen molar-refractivity contribution in [1.29, 1.82) is 0 Å². The summed E-state index contributed by atoms with van der Waals surface area (Å²) in [6, 6.07) is 5.98. The highest BCUT2D eigenvalue weighted by atomic mass is 35.5. The van der Waals surface area contributed by atoms with Gasteiger partial charge in [-0.2, -0.15) is 0 Å². The zero-order valence-corrected chi connectivity index (χ0v) is 13.4. The lowest BCUT2D eigenvalue weighted by Crippen LogP contribution is -2.40. The number of carbonyl (C=O) groups is 1. The number of carbonyl (C=O) groups excluding carboxylic acids is 1. The van der Waals surface area contributed by atoms with E-state index in [1.807, 2.05) is 28.8 Å². The third-order valence-corrected chi connectivity index (χ3v) is 4.63. The second-order valence-electron chi connectivity index (χ2n) is 5.93. The van der Waals surface area contributed by atoms with Gasteiger partial charge < -0.3 is 5.32 Å². The Balaban J connectivity index is 1.72. The highest BCUT2D eigenvalue weighted by Crippen LogP contribution is 2.24. The van der Waals surface area contributed by atoms with Crippen molar-refractivity contribution in [2.24, 2.45) is 5.92 Å². The number of nitrogens with zero attached hydrogens (tertiary/aromatic N) is 2. The van der Waals surface area contributed by atoms with Gasteiger partial charge in [-0.3, -0.25) is 9.20 Å². The van der Waals surface area contributed by atoms with E-state index in [-0.39, 0.29) is 11.9 Å². The summed E-state index contributed by atoms with van der Waals surface area (Å²) in [7, 11) is 0. The summed E-state index contributed by atoms with van der Waals surface area (Å²) in [4.78, 5) is 16.4. The molecule has 2 heterocycles. The van der Waals surface area contributed by atoms with Crippen molar-refractivity contribution >= 4 is 29.2 Å². The molecule has 4 nitrogen and oxygen atoms in total. The molecule has 116 valence electrons. The molecule has 2 aromatic rings. The van der Waals surface area contributed by atoms with Crippen LogP contribution in [0.5, 0.6) is 0 Å². The molecule has 3 rings (SSSR count). The standard InChI is InChI=1S/C17H20ClN3O/c1-12-6-2-3-7-13(12)19-16(22)10-9-14-17(18)20-15-8-4-5-11-21(14)15/h4-5,8-13H,2-3,6-7H2,1H3,(H,19,22)/b10-9+/t12-,13-/m1/s1. The van der Waals surface area contributed by atoms with Gasteiger partial charge in [0.05, 0.1) is 5.69 Å². The van der Waals surface area contributed by atoms with Gasteiger partial charge in [0, 0.05) is 18.3 Å². The molecule has 22 heavy (non-hydrogen) atoms. The van der Waals surface area contributed by atoms with Crippen molar-refractivity contribution in [2.75, 3.05) is 0 Å². The third kappa shape index (κ3) is 3.17. The van der Waals surface area contributed by atoms with Gasteiger partial charge in [-0.25, -0.2) is 4.98 Å². The van der Waals surface area contributed by atoms with Crippen LogP contribution in [0, 0.1) is 5.92 Å². The number of amides is 1. The van der Waals surface area contributed by atoms with E-state index in [0.717, 1.165) is 17.8 Å². The summed E-state index contributed by atoms with van der Waals surface area (Å²) >= 11 is 6.15. The Morgan fingerprint density at radius 1 is 1.41 bits per heavy atom. The Morgan fingerprint density at radius 2 is 2.23 bits per heavy atom. The van der Waals surface area contributed by atoms with E-state index in [1.165, 1.54) is 19.3 Å². The van der Waals surface area contributed by atoms with Crippen molar-refractivity contribution < 1.29 is 4.79 Å². The molecule has 1 N–H and O–H groups in total. The Morgan fingerprint density at radius 3 is 3.05 bits per heavy atom. The van der Waals surface area contributed by atoms with Crippen LogP contribution in [0.25, 0.3) is 11.7 Å². The molecule has 0 unspecified atom stereocenters. The third-order valence-electron chi connectivity index (χ3n) is 4.35. The quantitative estimate of drug-likeness (QED) is 0.877. The number of hydrogen-bond donors (Lipinski definition) is 1. The second-order valence-corrected chi connectivity index (χ2v) is 6.28. The molecule has 1 aliphatic rings. The largest absolute Gasteiger partial charge is 0.350 e. The van der Waals surface area contributed by atoms with Gasteiger partial charge in [0.25, 0.3) is 0 Å². The van der Waals surface area contributed by atoms with Gasteiger partial charge in [0.2, 0.25) is 5.91 Å². The average Bonchev–Trinajstić information content (AvgIpc) is 2.83. The molecule has 1 amide bonds. The van der Waals surface area contributed by atoms with Crippen molar-refractivity contribution in [3.63, 3.8) is 0 Å². The number of aromatic nitrogens is 2. The number of imidazole rings is 1. The van der Waals surface area contributed by atoms with Crippen LogP contribution in [0.4, 0.5) is 0 Å². The Hall–Kier alpha value is -1.81. The molecular formula is C17H20ClN3O. The van der Waals surface area contributed by atoms with Crippen molar-refractivity contribution in [3.8, 4) is 0 Å². The maximum Gasteiger partial charge on any atom is 0.244 e. The summed E-state index contributed by atoms with van der Waals surface area (Å²) in [6.45, 7) is 2.20.